The van der Waals surface area contributed by atoms with Crippen LogP contribution in [-0.4, -0.2) is 35.8 Å². The maximum absolute atomic E-state index is 8.74. The highest BCUT2D eigenvalue weighted by Gasteiger charge is 2.10. The quantitative estimate of drug-likeness (QED) is 0.157. The van der Waals surface area contributed by atoms with E-state index in [2.05, 4.69) is 60.1 Å². The summed E-state index contributed by atoms with van der Waals surface area (Å²) in [6, 6.07) is 0. The van der Waals surface area contributed by atoms with Crippen LogP contribution >= 0.6 is 48.9 Å². The van der Waals surface area contributed by atoms with E-state index < -0.39 is 5.17 Å². The van der Waals surface area contributed by atoms with E-state index in [-0.39, 0.29) is 15.4 Å². The van der Waals surface area contributed by atoms with Crippen molar-refractivity contribution in [1.82, 2.24) is 15.9 Å². The third kappa shape index (κ3) is 11.0. The second-order valence-corrected chi connectivity index (χ2v) is 3.49. The topological polar surface area (TPSA) is 146 Å². The van der Waals surface area contributed by atoms with Gasteiger partial charge in [-0.2, -0.15) is 5.01 Å². The fourth-order valence-electron chi connectivity index (χ4n) is 0.307. The molecule has 0 fully saturated rings. The molecule has 10 N–H and O–H groups in total. The molecule has 0 heterocycles. The molecule has 0 aliphatic rings. The lowest BCUT2D eigenvalue weighted by Crippen LogP contribution is -2.52. The van der Waals surface area contributed by atoms with Crippen molar-refractivity contribution in [3.63, 3.8) is 0 Å². The number of aliphatic hydroxyl groups is 2. The first-order valence-electron chi connectivity index (χ1n) is 3.30. The average molecular weight is 302 g/mol. The minimum Gasteiger partial charge on any atom is -0.486 e. The average Bonchev–Trinajstić information content (AvgIpc) is 2.14. The third-order valence-electron chi connectivity index (χ3n) is 0.757. The summed E-state index contributed by atoms with van der Waals surface area (Å²) in [6.07, 6.45) is 0. The van der Waals surface area contributed by atoms with Gasteiger partial charge in [-0.15, -0.1) is 0 Å². The molecule has 0 aliphatic heterocycles. The molecule has 12 heteroatoms. The molecule has 0 aromatic rings. The molecule has 0 unspecified atom stereocenters. The highest BCUT2D eigenvalue weighted by atomic mass is 32.1. The number of hydrogen-bond donors (Lipinski definition) is 7. The summed E-state index contributed by atoms with van der Waals surface area (Å²) in [4.78, 5) is 0. The smallest absolute Gasteiger partial charge is 0.282 e. The van der Waals surface area contributed by atoms with Gasteiger partial charge in [0.1, 0.15) is 0 Å². The number of hydrazine groups is 2. The van der Waals surface area contributed by atoms with E-state index in [1.165, 1.54) is 0 Å². The van der Waals surface area contributed by atoms with Gasteiger partial charge in [-0.05, 0) is 48.9 Å². The zero-order chi connectivity index (χ0) is 13.3. The highest BCUT2D eigenvalue weighted by Crippen LogP contribution is 1.83. The van der Waals surface area contributed by atoms with E-state index >= 15 is 0 Å². The van der Waals surface area contributed by atoms with E-state index in [0.29, 0.717) is 0 Å². The minimum absolute atomic E-state index is 0.0887. The molecule has 0 atom stereocenters. The van der Waals surface area contributed by atoms with Crippen molar-refractivity contribution in [3.8, 4) is 0 Å². The van der Waals surface area contributed by atoms with E-state index in [4.69, 9.17) is 21.7 Å². The van der Waals surface area contributed by atoms with Gasteiger partial charge < -0.3 is 21.7 Å². The van der Waals surface area contributed by atoms with Gasteiger partial charge in [-0.25, -0.2) is 5.84 Å². The summed E-state index contributed by atoms with van der Waals surface area (Å²) in [6.45, 7) is 0. The molecule has 0 aromatic heterocycles. The summed E-state index contributed by atoms with van der Waals surface area (Å²) in [5.74, 6) is 4.53. The minimum atomic E-state index is -0.537. The van der Waals surface area contributed by atoms with E-state index in [1.54, 1.807) is 0 Å². The number of hydrogen-bond acceptors (Lipinski definition) is 5. The van der Waals surface area contributed by atoms with Crippen molar-refractivity contribution < 1.29 is 10.2 Å². The number of thiocarbonyl (C=S) groups is 4. The van der Waals surface area contributed by atoms with Gasteiger partial charge in [0, 0.05) is 0 Å². The van der Waals surface area contributed by atoms with Gasteiger partial charge in [-0.3, -0.25) is 10.9 Å². The Hall–Kier alpha value is -1.08. The summed E-state index contributed by atoms with van der Waals surface area (Å²) >= 11 is 17.3. The molecular formula is C4H10N6O2S4. The highest BCUT2D eigenvalue weighted by molar-refractivity contribution is 7.81. The second kappa shape index (κ2) is 9.17. The first kappa shape index (κ1) is 17.3. The first-order valence-corrected chi connectivity index (χ1v) is 4.93. The first-order chi connectivity index (χ1) is 7.22. The largest absolute Gasteiger partial charge is 0.486 e. The van der Waals surface area contributed by atoms with E-state index in [9.17, 15) is 0 Å². The van der Waals surface area contributed by atoms with Crippen LogP contribution in [0.4, 0.5) is 0 Å². The number of nitrogens with zero attached hydrogens (tertiary/aromatic N) is 1. The maximum atomic E-state index is 8.74. The van der Waals surface area contributed by atoms with Crippen molar-refractivity contribution in [2.75, 3.05) is 0 Å². The zero-order valence-electron chi connectivity index (χ0n) is 7.71. The van der Waals surface area contributed by atoms with Gasteiger partial charge in [0.05, 0.1) is 0 Å². The molecule has 0 amide bonds. The Morgan fingerprint density at radius 3 is 1.50 bits per heavy atom. The lowest BCUT2D eigenvalue weighted by Gasteiger charge is -2.19. The lowest BCUT2D eigenvalue weighted by molar-refractivity contribution is 0.424. The molecule has 0 aliphatic carbocycles. The molecular weight excluding hydrogens is 292 g/mol. The van der Waals surface area contributed by atoms with Gasteiger partial charge in [0.2, 0.25) is 0 Å². The number of aliphatic hydroxyl groups excluding tert-OH is 2. The van der Waals surface area contributed by atoms with Gasteiger partial charge in [0.25, 0.3) is 10.3 Å². The van der Waals surface area contributed by atoms with E-state index in [0.717, 1.165) is 5.01 Å². The Labute approximate surface area is 113 Å². The Kier molecular flexibility index (Phi) is 9.92. The monoisotopic (exact) mass is 302 g/mol. The standard InChI is InChI=1S/C3H6N4OS3.CH4N2OS/c4-1(9)6-7(2(5)10)3(8)11;2-3-1(4)5/h(H2,5,10)(H,8,11)(H3,4,6,9);2H2,(H2,3,4,5). The Balaban J connectivity index is 0. The Bertz CT molecular complexity index is 282. The van der Waals surface area contributed by atoms with Crippen molar-refractivity contribution in [2.45, 2.75) is 0 Å². The van der Waals surface area contributed by atoms with Crippen LogP contribution in [0.2, 0.25) is 0 Å². The molecule has 16 heavy (non-hydrogen) atoms. The third-order valence-corrected chi connectivity index (χ3v) is 1.33. The van der Waals surface area contributed by atoms with Crippen LogP contribution in [0.15, 0.2) is 0 Å². The maximum Gasteiger partial charge on any atom is 0.282 e. The van der Waals surface area contributed by atoms with Gasteiger partial charge >= 0.3 is 0 Å². The number of rotatable bonds is 0. The number of nitrogens with one attached hydrogen (secondary N) is 2. The molecule has 0 bridgehead atoms. The van der Waals surface area contributed by atoms with Crippen LogP contribution in [0.25, 0.3) is 0 Å². The molecule has 0 radical (unpaired) electrons. The predicted molar refractivity (Wildman–Crippen MR) is 76.3 cm³/mol. The molecule has 8 nitrogen and oxygen atoms in total. The van der Waals surface area contributed by atoms with Gasteiger partial charge in [-0.1, -0.05) is 0 Å². The SMILES string of the molecule is NC(=S)NN(C(N)=S)C(O)=S.NNC(O)=S. The summed E-state index contributed by atoms with van der Waals surface area (Å²) < 4.78 is 0. The normalized spacial score (nSPS) is 7.81. The molecule has 0 saturated heterocycles. The fraction of sp³-hybridized carbons (Fsp3) is 0. The Morgan fingerprint density at radius 2 is 1.44 bits per heavy atom. The van der Waals surface area contributed by atoms with Crippen LogP contribution in [0.5, 0.6) is 0 Å². The summed E-state index contributed by atoms with van der Waals surface area (Å²) in [5, 5.41) is 16.2. The van der Waals surface area contributed by atoms with Crippen LogP contribution in [0.3, 0.4) is 0 Å². The van der Waals surface area contributed by atoms with Crippen molar-refractivity contribution in [2.24, 2.45) is 17.3 Å². The van der Waals surface area contributed by atoms with Gasteiger partial charge in [0.15, 0.2) is 10.2 Å². The van der Waals surface area contributed by atoms with Crippen LogP contribution in [0, 0.1) is 0 Å². The van der Waals surface area contributed by atoms with Crippen molar-refractivity contribution in [3.05, 3.63) is 0 Å². The summed E-state index contributed by atoms with van der Waals surface area (Å²) in [7, 11) is 0. The molecule has 0 saturated carbocycles. The molecule has 92 valence electrons. The Morgan fingerprint density at radius 1 is 1.06 bits per heavy atom. The van der Waals surface area contributed by atoms with E-state index in [1.807, 2.05) is 5.43 Å². The number of nitrogens with two attached hydrogens (primary N) is 3. The fourth-order valence-corrected chi connectivity index (χ4v) is 0.733. The molecule has 0 aromatic carbocycles. The lowest BCUT2D eigenvalue weighted by atomic mass is 10.9. The van der Waals surface area contributed by atoms with Crippen molar-refractivity contribution in [1.29, 1.82) is 0 Å². The van der Waals surface area contributed by atoms with Crippen LogP contribution in [0.1, 0.15) is 0 Å². The zero-order valence-corrected chi connectivity index (χ0v) is 11.0. The predicted octanol–water partition coefficient (Wildman–Crippen LogP) is -1.58. The van der Waals surface area contributed by atoms with Crippen LogP contribution < -0.4 is 28.2 Å². The molecule has 0 spiro atoms. The second-order valence-electron chi connectivity index (χ2n) is 1.88. The molecule has 0 rings (SSSR count). The summed E-state index contributed by atoms with van der Waals surface area (Å²) in [5.41, 5.74) is 14.3. The van der Waals surface area contributed by atoms with Crippen molar-refractivity contribution >= 4 is 69.4 Å². The van der Waals surface area contributed by atoms with Crippen LogP contribution in [-0.2, 0) is 0 Å².